The molecule has 0 aromatic rings. The molecule has 1 heterocycles. The van der Waals surface area contributed by atoms with Crippen molar-refractivity contribution < 1.29 is 0 Å². The number of nitrogens with one attached hydrogen (secondary N) is 1. The van der Waals surface area contributed by atoms with Gasteiger partial charge in [0, 0.05) is 6.54 Å². The van der Waals surface area contributed by atoms with Crippen molar-refractivity contribution in [3.05, 3.63) is 0 Å². The molecule has 0 unspecified atom stereocenters. The average Bonchev–Trinajstić information content (AvgIpc) is 2.38. The van der Waals surface area contributed by atoms with Crippen LogP contribution in [0.1, 0.15) is 46.0 Å². The van der Waals surface area contributed by atoms with E-state index in [9.17, 15) is 0 Å². The molecular weight excluding hydrogens is 246 g/mol. The van der Waals surface area contributed by atoms with Crippen LogP contribution in [-0.2, 0) is 0 Å². The molecule has 0 aromatic carbocycles. The normalized spacial score (nSPS) is 18.3. The predicted molar refractivity (Wildman–Crippen MR) is 89.3 cm³/mol. The van der Waals surface area contributed by atoms with Crippen LogP contribution >= 0.6 is 0 Å². The third kappa shape index (κ3) is 8.93. The molecular formula is C17H37N3. The Kier molecular flexibility index (Phi) is 9.49. The summed E-state index contributed by atoms with van der Waals surface area (Å²) in [5.74, 6) is 1.71. The van der Waals surface area contributed by atoms with Gasteiger partial charge in [-0.05, 0) is 84.3 Å². The van der Waals surface area contributed by atoms with E-state index in [4.69, 9.17) is 0 Å². The second-order valence-corrected chi connectivity index (χ2v) is 7.21. The Morgan fingerprint density at radius 2 is 1.80 bits per heavy atom. The van der Waals surface area contributed by atoms with Crippen molar-refractivity contribution in [2.75, 3.05) is 53.4 Å². The second kappa shape index (κ2) is 10.6. The van der Waals surface area contributed by atoms with Gasteiger partial charge < -0.3 is 15.1 Å². The van der Waals surface area contributed by atoms with Gasteiger partial charge in [0.25, 0.3) is 0 Å². The zero-order valence-electron chi connectivity index (χ0n) is 14.3. The number of hydrogen-bond donors (Lipinski definition) is 1. The van der Waals surface area contributed by atoms with Gasteiger partial charge in [0.15, 0.2) is 0 Å². The number of nitrogens with zero attached hydrogens (tertiary/aromatic N) is 2. The van der Waals surface area contributed by atoms with E-state index in [-0.39, 0.29) is 0 Å². The van der Waals surface area contributed by atoms with Gasteiger partial charge in [-0.3, -0.25) is 0 Å². The van der Waals surface area contributed by atoms with E-state index in [0.717, 1.165) is 11.8 Å². The molecule has 120 valence electrons. The van der Waals surface area contributed by atoms with Crippen LogP contribution in [0.3, 0.4) is 0 Å². The van der Waals surface area contributed by atoms with Gasteiger partial charge >= 0.3 is 0 Å². The lowest BCUT2D eigenvalue weighted by Gasteiger charge is -2.33. The van der Waals surface area contributed by atoms with Crippen LogP contribution in [0.4, 0.5) is 0 Å². The van der Waals surface area contributed by atoms with Crippen LogP contribution in [0, 0.1) is 11.8 Å². The smallest absolute Gasteiger partial charge is 0.000451 e. The molecule has 1 aliphatic heterocycles. The molecule has 0 saturated carbocycles. The van der Waals surface area contributed by atoms with E-state index in [0.29, 0.717) is 0 Å². The summed E-state index contributed by atoms with van der Waals surface area (Å²) in [5, 5.41) is 3.53. The van der Waals surface area contributed by atoms with Gasteiger partial charge in [-0.1, -0.05) is 20.3 Å². The number of unbranched alkanes of at least 4 members (excludes halogenated alkanes) is 2. The maximum atomic E-state index is 3.53. The molecule has 1 N–H and O–H groups in total. The summed E-state index contributed by atoms with van der Waals surface area (Å²) >= 11 is 0. The van der Waals surface area contributed by atoms with Crippen molar-refractivity contribution in [2.24, 2.45) is 11.8 Å². The van der Waals surface area contributed by atoms with E-state index >= 15 is 0 Å². The molecule has 1 rings (SSSR count). The monoisotopic (exact) mass is 283 g/mol. The van der Waals surface area contributed by atoms with E-state index in [1.807, 2.05) is 0 Å². The average molecular weight is 284 g/mol. The molecule has 3 nitrogen and oxygen atoms in total. The van der Waals surface area contributed by atoms with Crippen LogP contribution in [0.2, 0.25) is 0 Å². The molecule has 3 heteroatoms. The fourth-order valence-electron chi connectivity index (χ4n) is 3.06. The third-order valence-corrected chi connectivity index (χ3v) is 4.21. The van der Waals surface area contributed by atoms with Gasteiger partial charge in [-0.15, -0.1) is 0 Å². The van der Waals surface area contributed by atoms with E-state index in [1.165, 1.54) is 71.4 Å². The van der Waals surface area contributed by atoms with Crippen molar-refractivity contribution in [1.82, 2.24) is 15.1 Å². The summed E-state index contributed by atoms with van der Waals surface area (Å²) in [4.78, 5) is 5.01. The summed E-state index contributed by atoms with van der Waals surface area (Å²) in [6.45, 7) is 12.1. The fraction of sp³-hybridized carbons (Fsp3) is 1.00. The standard InChI is InChI=1S/C17H37N3/c1-16(2)14-18-10-6-5-7-11-20-12-8-17(9-13-20)15-19(3)4/h16-18H,5-15H2,1-4H3. The fourth-order valence-corrected chi connectivity index (χ4v) is 3.06. The molecule has 0 aliphatic carbocycles. The lowest BCUT2D eigenvalue weighted by atomic mass is 9.96. The maximum absolute atomic E-state index is 3.53. The predicted octanol–water partition coefficient (Wildman–Crippen LogP) is 2.68. The molecule has 0 radical (unpaired) electrons. The molecule has 0 atom stereocenters. The maximum Gasteiger partial charge on any atom is 0.000451 e. The first-order chi connectivity index (χ1) is 9.58. The highest BCUT2D eigenvalue weighted by Gasteiger charge is 2.18. The van der Waals surface area contributed by atoms with E-state index in [2.05, 4.69) is 43.1 Å². The zero-order chi connectivity index (χ0) is 14.8. The van der Waals surface area contributed by atoms with Crippen molar-refractivity contribution in [3.63, 3.8) is 0 Å². The number of piperidine rings is 1. The Bertz CT molecular complexity index is 220. The third-order valence-electron chi connectivity index (χ3n) is 4.21. The van der Waals surface area contributed by atoms with Crippen molar-refractivity contribution >= 4 is 0 Å². The van der Waals surface area contributed by atoms with Crippen LogP contribution in [0.15, 0.2) is 0 Å². The van der Waals surface area contributed by atoms with Crippen LogP contribution in [-0.4, -0.2) is 63.2 Å². The van der Waals surface area contributed by atoms with Crippen molar-refractivity contribution in [1.29, 1.82) is 0 Å². The molecule has 1 aliphatic rings. The Labute approximate surface area is 127 Å². The highest BCUT2D eigenvalue weighted by atomic mass is 15.1. The van der Waals surface area contributed by atoms with Gasteiger partial charge in [-0.25, -0.2) is 0 Å². The lowest BCUT2D eigenvalue weighted by molar-refractivity contribution is 0.160. The minimum Gasteiger partial charge on any atom is -0.316 e. The number of hydrogen-bond acceptors (Lipinski definition) is 3. The summed E-state index contributed by atoms with van der Waals surface area (Å²) in [7, 11) is 4.39. The molecule has 1 fully saturated rings. The largest absolute Gasteiger partial charge is 0.316 e. The van der Waals surface area contributed by atoms with E-state index < -0.39 is 0 Å². The summed E-state index contributed by atoms with van der Waals surface area (Å²) in [5.41, 5.74) is 0. The first-order valence-electron chi connectivity index (χ1n) is 8.65. The quantitative estimate of drug-likeness (QED) is 0.622. The Morgan fingerprint density at radius 1 is 1.10 bits per heavy atom. The van der Waals surface area contributed by atoms with Crippen LogP contribution < -0.4 is 5.32 Å². The van der Waals surface area contributed by atoms with Gasteiger partial charge in [0.1, 0.15) is 0 Å². The zero-order valence-corrected chi connectivity index (χ0v) is 14.3. The van der Waals surface area contributed by atoms with Gasteiger partial charge in [0.2, 0.25) is 0 Å². The SMILES string of the molecule is CC(C)CNCCCCCN1CCC(CN(C)C)CC1. The minimum absolute atomic E-state index is 0.776. The Morgan fingerprint density at radius 3 is 2.40 bits per heavy atom. The number of rotatable bonds is 10. The van der Waals surface area contributed by atoms with Gasteiger partial charge in [-0.2, -0.15) is 0 Å². The molecule has 0 amide bonds. The molecule has 0 aromatic heterocycles. The summed E-state index contributed by atoms with van der Waals surface area (Å²) in [6, 6.07) is 0. The second-order valence-electron chi connectivity index (χ2n) is 7.21. The molecule has 0 bridgehead atoms. The molecule has 1 saturated heterocycles. The summed E-state index contributed by atoms with van der Waals surface area (Å²) < 4.78 is 0. The topological polar surface area (TPSA) is 18.5 Å². The number of likely N-dealkylation sites (tertiary alicyclic amines) is 1. The Hall–Kier alpha value is -0.120. The molecule has 0 spiro atoms. The van der Waals surface area contributed by atoms with E-state index in [1.54, 1.807) is 0 Å². The highest BCUT2D eigenvalue weighted by molar-refractivity contribution is 4.73. The minimum atomic E-state index is 0.776. The Balaban J connectivity index is 1.91. The highest BCUT2D eigenvalue weighted by Crippen LogP contribution is 2.18. The van der Waals surface area contributed by atoms with Crippen LogP contribution in [0.25, 0.3) is 0 Å². The van der Waals surface area contributed by atoms with Crippen LogP contribution in [0.5, 0.6) is 0 Å². The van der Waals surface area contributed by atoms with Gasteiger partial charge in [0.05, 0.1) is 0 Å². The lowest BCUT2D eigenvalue weighted by Crippen LogP contribution is -2.37. The van der Waals surface area contributed by atoms with Crippen molar-refractivity contribution in [2.45, 2.75) is 46.0 Å². The summed E-state index contributed by atoms with van der Waals surface area (Å²) in [6.07, 6.45) is 6.89. The first-order valence-corrected chi connectivity index (χ1v) is 8.65. The first kappa shape index (κ1) is 17.9. The van der Waals surface area contributed by atoms with Crippen molar-refractivity contribution in [3.8, 4) is 0 Å². The molecule has 20 heavy (non-hydrogen) atoms.